The van der Waals surface area contributed by atoms with Crippen LogP contribution in [-0.2, 0) is 23.0 Å². The molecule has 6 heteroatoms. The molecule has 1 aromatic rings. The van der Waals surface area contributed by atoms with E-state index in [-0.39, 0.29) is 5.03 Å². The Kier molecular flexibility index (Phi) is 2.56. The molecule has 0 bridgehead atoms. The molecule has 0 radical (unpaired) electrons. The molecule has 1 fully saturated rings. The quantitative estimate of drug-likeness (QED) is 0.816. The predicted molar refractivity (Wildman–Crippen MR) is 55.7 cm³/mol. The molecule has 2 N–H and O–H groups in total. The first-order chi connectivity index (χ1) is 7.00. The highest BCUT2D eigenvalue weighted by atomic mass is 32.2. The highest BCUT2D eigenvalue weighted by Crippen LogP contribution is 2.31. The van der Waals surface area contributed by atoms with Gasteiger partial charge in [0.1, 0.15) is 5.82 Å². The summed E-state index contributed by atoms with van der Waals surface area (Å²) in [5.41, 5.74) is 0. The molecular weight excluding hydrogens is 214 g/mol. The normalized spacial score (nSPS) is 16.9. The van der Waals surface area contributed by atoms with Crippen molar-refractivity contribution in [2.45, 2.75) is 37.8 Å². The minimum absolute atomic E-state index is 0.0139. The van der Waals surface area contributed by atoms with Crippen LogP contribution in [0.3, 0.4) is 0 Å². The highest BCUT2D eigenvalue weighted by Gasteiger charge is 2.24. The van der Waals surface area contributed by atoms with Crippen molar-refractivity contribution in [1.29, 1.82) is 0 Å². The van der Waals surface area contributed by atoms with Gasteiger partial charge in [-0.25, -0.2) is 18.5 Å². The summed E-state index contributed by atoms with van der Waals surface area (Å²) in [5, 5.41) is 5.02. The van der Waals surface area contributed by atoms with Crippen LogP contribution in [0.5, 0.6) is 0 Å². The summed E-state index contributed by atoms with van der Waals surface area (Å²) in [5.74, 6) is 1.49. The predicted octanol–water partition coefficient (Wildman–Crippen LogP) is 0.503. The lowest BCUT2D eigenvalue weighted by Crippen LogP contribution is -2.12. The standard InChI is InChI=1S/C9H15N3O2S/c1-2-8-11-9(15(10,13)14)6-12(8)5-7-3-4-7/h6-7H,2-5H2,1H3,(H2,10,13,14). The largest absolute Gasteiger partial charge is 0.333 e. The van der Waals surface area contributed by atoms with Crippen LogP contribution in [0.2, 0.25) is 0 Å². The number of sulfonamides is 1. The van der Waals surface area contributed by atoms with Gasteiger partial charge in [-0.2, -0.15) is 0 Å². The molecule has 0 aliphatic heterocycles. The van der Waals surface area contributed by atoms with E-state index in [1.165, 1.54) is 12.8 Å². The maximum absolute atomic E-state index is 11.1. The van der Waals surface area contributed by atoms with E-state index in [9.17, 15) is 8.42 Å². The van der Waals surface area contributed by atoms with E-state index in [1.54, 1.807) is 6.20 Å². The number of nitrogens with two attached hydrogens (primary N) is 1. The summed E-state index contributed by atoms with van der Waals surface area (Å²) in [4.78, 5) is 4.03. The van der Waals surface area contributed by atoms with Crippen molar-refractivity contribution in [1.82, 2.24) is 9.55 Å². The lowest BCUT2D eigenvalue weighted by molar-refractivity contribution is 0.592. The molecule has 0 atom stereocenters. The molecule has 2 rings (SSSR count). The summed E-state index contributed by atoms with van der Waals surface area (Å²) < 4.78 is 24.1. The van der Waals surface area contributed by atoms with Gasteiger partial charge in [0, 0.05) is 19.2 Å². The molecule has 84 valence electrons. The molecule has 1 aliphatic carbocycles. The van der Waals surface area contributed by atoms with Gasteiger partial charge in [-0.05, 0) is 18.8 Å². The number of nitrogens with zero attached hydrogens (tertiary/aromatic N) is 2. The van der Waals surface area contributed by atoms with Crippen molar-refractivity contribution in [2.24, 2.45) is 11.1 Å². The van der Waals surface area contributed by atoms with E-state index in [2.05, 4.69) is 4.98 Å². The van der Waals surface area contributed by atoms with E-state index in [1.807, 2.05) is 11.5 Å². The second-order valence-corrected chi connectivity index (χ2v) is 5.50. The average molecular weight is 229 g/mol. The molecular formula is C9H15N3O2S. The second-order valence-electron chi connectivity index (χ2n) is 3.99. The van der Waals surface area contributed by atoms with Crippen molar-refractivity contribution in [3.63, 3.8) is 0 Å². The summed E-state index contributed by atoms with van der Waals surface area (Å²) in [6, 6.07) is 0. The molecule has 1 saturated carbocycles. The van der Waals surface area contributed by atoms with Crippen LogP contribution < -0.4 is 5.14 Å². The third-order valence-corrected chi connectivity index (χ3v) is 3.38. The van der Waals surface area contributed by atoms with E-state index in [0.717, 1.165) is 18.8 Å². The molecule has 0 saturated heterocycles. The molecule has 0 amide bonds. The van der Waals surface area contributed by atoms with Gasteiger partial charge in [-0.3, -0.25) is 0 Å². The Morgan fingerprint density at radius 2 is 2.27 bits per heavy atom. The molecule has 0 aromatic carbocycles. The van der Waals surface area contributed by atoms with Crippen molar-refractivity contribution < 1.29 is 8.42 Å². The van der Waals surface area contributed by atoms with Gasteiger partial charge in [0.05, 0.1) is 0 Å². The Labute approximate surface area is 89.4 Å². The van der Waals surface area contributed by atoms with Crippen molar-refractivity contribution in [3.8, 4) is 0 Å². The lowest BCUT2D eigenvalue weighted by Gasteiger charge is -2.03. The lowest BCUT2D eigenvalue weighted by atomic mass is 10.4. The third kappa shape index (κ3) is 2.38. The molecule has 0 spiro atoms. The molecule has 1 heterocycles. The van der Waals surface area contributed by atoms with Crippen LogP contribution in [-0.4, -0.2) is 18.0 Å². The average Bonchev–Trinajstić information content (AvgIpc) is 2.82. The minimum Gasteiger partial charge on any atom is -0.333 e. The van der Waals surface area contributed by atoms with Gasteiger partial charge >= 0.3 is 0 Å². The summed E-state index contributed by atoms with van der Waals surface area (Å²) in [7, 11) is -3.66. The number of hydrogen-bond acceptors (Lipinski definition) is 3. The topological polar surface area (TPSA) is 78.0 Å². The molecule has 0 unspecified atom stereocenters. The van der Waals surface area contributed by atoms with E-state index in [4.69, 9.17) is 5.14 Å². The van der Waals surface area contributed by atoms with Crippen LogP contribution in [0.4, 0.5) is 0 Å². The van der Waals surface area contributed by atoms with Crippen molar-refractivity contribution in [2.75, 3.05) is 0 Å². The number of imidazole rings is 1. The van der Waals surface area contributed by atoms with E-state index in [0.29, 0.717) is 5.92 Å². The van der Waals surface area contributed by atoms with Crippen LogP contribution >= 0.6 is 0 Å². The summed E-state index contributed by atoms with van der Waals surface area (Å²) >= 11 is 0. The van der Waals surface area contributed by atoms with Gasteiger partial charge < -0.3 is 4.57 Å². The number of hydrogen-bond donors (Lipinski definition) is 1. The van der Waals surface area contributed by atoms with Gasteiger partial charge in [-0.1, -0.05) is 6.92 Å². The van der Waals surface area contributed by atoms with Crippen LogP contribution in [0, 0.1) is 5.92 Å². The first-order valence-corrected chi connectivity index (χ1v) is 6.64. The van der Waals surface area contributed by atoms with Crippen LogP contribution in [0.25, 0.3) is 0 Å². The molecule has 5 nitrogen and oxygen atoms in total. The Bertz CT molecular complexity index is 460. The van der Waals surface area contributed by atoms with Gasteiger partial charge in [0.25, 0.3) is 10.0 Å². The van der Waals surface area contributed by atoms with Gasteiger partial charge in [-0.15, -0.1) is 0 Å². The maximum Gasteiger partial charge on any atom is 0.257 e. The van der Waals surface area contributed by atoms with Crippen molar-refractivity contribution in [3.05, 3.63) is 12.0 Å². The SMILES string of the molecule is CCc1nc(S(N)(=O)=O)cn1CC1CC1. The number of aromatic nitrogens is 2. The van der Waals surface area contributed by atoms with E-state index >= 15 is 0 Å². The smallest absolute Gasteiger partial charge is 0.257 e. The summed E-state index contributed by atoms with van der Waals surface area (Å²) in [6.45, 7) is 2.82. The van der Waals surface area contributed by atoms with Crippen LogP contribution in [0.1, 0.15) is 25.6 Å². The highest BCUT2D eigenvalue weighted by molar-refractivity contribution is 7.89. The minimum atomic E-state index is -3.66. The third-order valence-electron chi connectivity index (χ3n) is 2.60. The Hall–Kier alpha value is -0.880. The van der Waals surface area contributed by atoms with Crippen LogP contribution in [0.15, 0.2) is 11.2 Å². The van der Waals surface area contributed by atoms with Crippen molar-refractivity contribution >= 4 is 10.0 Å². The zero-order valence-corrected chi connectivity index (χ0v) is 9.50. The fraction of sp³-hybridized carbons (Fsp3) is 0.667. The summed E-state index contributed by atoms with van der Waals surface area (Å²) in [6.07, 6.45) is 4.73. The molecule has 1 aromatic heterocycles. The first kappa shape index (κ1) is 10.6. The number of aryl methyl sites for hydroxylation is 1. The Morgan fingerprint density at radius 1 is 1.60 bits per heavy atom. The Balaban J connectivity index is 2.31. The van der Waals surface area contributed by atoms with Gasteiger partial charge in [0.15, 0.2) is 5.03 Å². The number of primary sulfonamides is 1. The van der Waals surface area contributed by atoms with Gasteiger partial charge in [0.2, 0.25) is 0 Å². The molecule has 15 heavy (non-hydrogen) atoms. The Morgan fingerprint density at radius 3 is 2.73 bits per heavy atom. The zero-order valence-electron chi connectivity index (χ0n) is 8.68. The maximum atomic E-state index is 11.1. The molecule has 1 aliphatic rings. The fourth-order valence-corrected chi connectivity index (χ4v) is 2.09. The fourth-order valence-electron chi connectivity index (χ4n) is 1.58. The van der Waals surface area contributed by atoms with E-state index < -0.39 is 10.0 Å². The first-order valence-electron chi connectivity index (χ1n) is 5.09. The number of rotatable bonds is 4. The second kappa shape index (κ2) is 3.61. The zero-order chi connectivity index (χ0) is 11.1. The monoisotopic (exact) mass is 229 g/mol.